The van der Waals surface area contributed by atoms with Crippen LogP contribution in [0.2, 0.25) is 0 Å². The highest BCUT2D eigenvalue weighted by Crippen LogP contribution is 2.48. The SMILES string of the molecule is C#Cc1c(F)ccc2cc(O)cc(-c3ncc4c(N5C[C@@H]6C[C@@](O)(C(F)F)C[C@@H]6C5)nc(OC[C@@]56CCCN5C[C@H](F)C6)nc4c3F)c12. The van der Waals surface area contributed by atoms with Gasteiger partial charge in [-0.1, -0.05) is 12.0 Å². The number of nitrogens with zero attached hydrogens (tertiary/aromatic N) is 5. The number of benzene rings is 2. The Labute approximate surface area is 272 Å². The molecular weight excluding hydrogens is 633 g/mol. The number of phenols is 1. The molecule has 2 aromatic heterocycles. The number of aliphatic hydroxyl groups is 1. The van der Waals surface area contributed by atoms with Crippen LogP contribution in [0.4, 0.5) is 27.8 Å². The van der Waals surface area contributed by atoms with E-state index in [0.717, 1.165) is 19.4 Å². The normalized spacial score (nSPS) is 28.5. The van der Waals surface area contributed by atoms with Gasteiger partial charge in [-0.05, 0) is 67.6 Å². The first-order valence-electron chi connectivity index (χ1n) is 16.0. The molecule has 5 atom stereocenters. The first kappa shape index (κ1) is 31.0. The Hall–Kier alpha value is -4.28. The van der Waals surface area contributed by atoms with E-state index in [0.29, 0.717) is 18.4 Å². The summed E-state index contributed by atoms with van der Waals surface area (Å²) >= 11 is 0. The lowest BCUT2D eigenvalue weighted by Crippen LogP contribution is -2.43. The number of rotatable bonds is 6. The van der Waals surface area contributed by atoms with Crippen molar-refractivity contribution in [2.45, 2.75) is 55.8 Å². The van der Waals surface area contributed by atoms with Gasteiger partial charge in [0.05, 0.1) is 16.5 Å². The number of anilines is 1. The maximum atomic E-state index is 16.8. The highest BCUT2D eigenvalue weighted by molar-refractivity contribution is 6.03. The van der Waals surface area contributed by atoms with Gasteiger partial charge in [-0.2, -0.15) is 9.97 Å². The van der Waals surface area contributed by atoms with E-state index in [9.17, 15) is 27.8 Å². The number of aromatic hydroxyl groups is 1. The summed E-state index contributed by atoms with van der Waals surface area (Å²) in [4.78, 5) is 17.4. The summed E-state index contributed by atoms with van der Waals surface area (Å²) in [5.74, 6) is 0.332. The zero-order valence-electron chi connectivity index (χ0n) is 25.8. The minimum atomic E-state index is -2.86. The van der Waals surface area contributed by atoms with Gasteiger partial charge in [0.15, 0.2) is 5.82 Å². The monoisotopic (exact) mass is 665 g/mol. The van der Waals surface area contributed by atoms with E-state index in [-0.39, 0.29) is 95.1 Å². The van der Waals surface area contributed by atoms with Crippen LogP contribution in [0.1, 0.15) is 37.7 Å². The van der Waals surface area contributed by atoms with Crippen molar-refractivity contribution in [1.29, 1.82) is 0 Å². The molecule has 1 aliphatic carbocycles. The van der Waals surface area contributed by atoms with Gasteiger partial charge in [0.2, 0.25) is 0 Å². The summed E-state index contributed by atoms with van der Waals surface area (Å²) in [7, 11) is 0. The van der Waals surface area contributed by atoms with Gasteiger partial charge < -0.3 is 19.8 Å². The van der Waals surface area contributed by atoms with Crippen LogP contribution in [0.5, 0.6) is 11.8 Å². The van der Waals surface area contributed by atoms with E-state index in [2.05, 4.69) is 25.8 Å². The zero-order valence-corrected chi connectivity index (χ0v) is 25.8. The minimum Gasteiger partial charge on any atom is -0.508 e. The van der Waals surface area contributed by atoms with E-state index >= 15 is 4.39 Å². The first-order valence-corrected chi connectivity index (χ1v) is 16.0. The smallest absolute Gasteiger partial charge is 0.319 e. The van der Waals surface area contributed by atoms with Crippen molar-refractivity contribution >= 4 is 27.5 Å². The molecule has 2 aromatic carbocycles. The number of hydrogen-bond donors (Lipinski definition) is 2. The molecule has 5 heterocycles. The fourth-order valence-electron chi connectivity index (χ4n) is 8.66. The number of halogens is 5. The largest absolute Gasteiger partial charge is 0.508 e. The average Bonchev–Trinajstić information content (AvgIpc) is 3.78. The molecule has 0 spiro atoms. The summed E-state index contributed by atoms with van der Waals surface area (Å²) in [5.41, 5.74) is -3.03. The summed E-state index contributed by atoms with van der Waals surface area (Å²) in [6, 6.07) is 5.10. The summed E-state index contributed by atoms with van der Waals surface area (Å²) < 4.78 is 79.5. The first-order chi connectivity index (χ1) is 23.0. The Morgan fingerprint density at radius 1 is 1.08 bits per heavy atom. The van der Waals surface area contributed by atoms with Gasteiger partial charge in [0.25, 0.3) is 6.43 Å². The lowest BCUT2D eigenvalue weighted by molar-refractivity contribution is -0.0947. The molecule has 4 aromatic rings. The van der Waals surface area contributed by atoms with Crippen LogP contribution in [-0.2, 0) is 0 Å². The second-order valence-corrected chi connectivity index (χ2v) is 13.8. The number of fused-ring (bicyclic) bond motifs is 4. The van der Waals surface area contributed by atoms with Crippen molar-refractivity contribution in [3.63, 3.8) is 0 Å². The van der Waals surface area contributed by atoms with Gasteiger partial charge in [0, 0.05) is 43.2 Å². The van der Waals surface area contributed by atoms with Crippen molar-refractivity contribution in [3.05, 3.63) is 47.7 Å². The maximum absolute atomic E-state index is 16.8. The van der Waals surface area contributed by atoms with Gasteiger partial charge in [0.1, 0.15) is 47.0 Å². The summed E-state index contributed by atoms with van der Waals surface area (Å²) in [6.45, 7) is 1.73. The molecule has 4 fully saturated rings. The van der Waals surface area contributed by atoms with Gasteiger partial charge in [-0.3, -0.25) is 9.88 Å². The second kappa shape index (κ2) is 11.1. The molecule has 250 valence electrons. The van der Waals surface area contributed by atoms with Crippen LogP contribution in [0, 0.1) is 35.8 Å². The number of ether oxygens (including phenoxy) is 1. The molecule has 8 rings (SSSR count). The predicted octanol–water partition coefficient (Wildman–Crippen LogP) is 5.61. The number of aromatic nitrogens is 3. The van der Waals surface area contributed by atoms with E-state index in [1.54, 1.807) is 0 Å². The molecule has 2 N–H and O–H groups in total. The Balaban J connectivity index is 1.24. The minimum absolute atomic E-state index is 0.0573. The fraction of sp³-hybridized carbons (Fsp3) is 0.457. The van der Waals surface area contributed by atoms with E-state index in [1.165, 1.54) is 30.5 Å². The van der Waals surface area contributed by atoms with Crippen molar-refractivity contribution in [1.82, 2.24) is 19.9 Å². The molecule has 0 radical (unpaired) electrons. The van der Waals surface area contributed by atoms with Gasteiger partial charge in [-0.15, -0.1) is 6.42 Å². The van der Waals surface area contributed by atoms with Crippen molar-refractivity contribution in [2.24, 2.45) is 11.8 Å². The van der Waals surface area contributed by atoms with Crippen LogP contribution >= 0.6 is 0 Å². The Bertz CT molecular complexity index is 1990. The van der Waals surface area contributed by atoms with E-state index in [4.69, 9.17) is 11.2 Å². The third kappa shape index (κ3) is 4.83. The molecule has 0 bridgehead atoms. The second-order valence-electron chi connectivity index (χ2n) is 13.8. The Kier molecular flexibility index (Phi) is 7.19. The topological polar surface area (TPSA) is 94.8 Å². The van der Waals surface area contributed by atoms with Crippen molar-refractivity contribution < 1.29 is 36.9 Å². The third-order valence-corrected chi connectivity index (χ3v) is 10.8. The van der Waals surface area contributed by atoms with Crippen LogP contribution in [0.3, 0.4) is 0 Å². The highest BCUT2D eigenvalue weighted by atomic mass is 19.3. The standard InChI is InChI=1S/C35H32F5N5O3/c1-2-23-26(37)5-4-18-8-22(46)9-24(27(18)23)29-28(38)30-25(13-41-29)31(44-14-19-10-35(47,32(39)40)11-20(19)15-44)43-33(42-30)48-17-34-6-3-7-45(34)16-21(36)12-34/h1,4-5,8-9,13,19-21,32,46-47H,3,6-7,10-12,14-17H2/t19-,20+,21-,34+,35-/m1/s1. The van der Waals surface area contributed by atoms with Crippen molar-refractivity contribution in [2.75, 3.05) is 37.7 Å². The quantitative estimate of drug-likeness (QED) is 0.203. The number of hydrogen-bond acceptors (Lipinski definition) is 8. The van der Waals surface area contributed by atoms with E-state index < -0.39 is 35.4 Å². The molecule has 0 amide bonds. The average molecular weight is 666 g/mol. The lowest BCUT2D eigenvalue weighted by Gasteiger charge is -2.31. The molecule has 4 aliphatic rings. The number of alkyl halides is 3. The van der Waals surface area contributed by atoms with Gasteiger partial charge in [-0.25, -0.2) is 22.0 Å². The van der Waals surface area contributed by atoms with Crippen LogP contribution in [-0.4, -0.2) is 86.6 Å². The molecule has 0 unspecified atom stereocenters. The predicted molar refractivity (Wildman–Crippen MR) is 168 cm³/mol. The molecule has 48 heavy (non-hydrogen) atoms. The zero-order chi connectivity index (χ0) is 33.5. The van der Waals surface area contributed by atoms with Gasteiger partial charge >= 0.3 is 6.01 Å². The number of pyridine rings is 1. The molecular formula is C35H32F5N5O3. The Morgan fingerprint density at radius 3 is 2.58 bits per heavy atom. The summed E-state index contributed by atoms with van der Waals surface area (Å²) in [6.07, 6.45) is 4.96. The van der Waals surface area contributed by atoms with Crippen molar-refractivity contribution in [3.8, 4) is 35.4 Å². The summed E-state index contributed by atoms with van der Waals surface area (Å²) in [5, 5.41) is 21.8. The maximum Gasteiger partial charge on any atom is 0.319 e. The molecule has 3 saturated heterocycles. The molecule has 3 aliphatic heterocycles. The lowest BCUT2D eigenvalue weighted by atomic mass is 9.95. The van der Waals surface area contributed by atoms with Crippen LogP contribution in [0.25, 0.3) is 32.9 Å². The van der Waals surface area contributed by atoms with E-state index in [1.807, 2.05) is 4.90 Å². The van der Waals surface area contributed by atoms with Crippen LogP contribution < -0.4 is 9.64 Å². The number of terminal acetylenes is 1. The molecule has 13 heteroatoms. The third-order valence-electron chi connectivity index (χ3n) is 10.8. The molecule has 8 nitrogen and oxygen atoms in total. The number of phenolic OH excluding ortho intramolecular Hbond substituents is 1. The molecule has 1 saturated carbocycles. The van der Waals surface area contributed by atoms with Crippen LogP contribution in [0.15, 0.2) is 30.5 Å². The fourth-order valence-corrected chi connectivity index (χ4v) is 8.66. The highest BCUT2D eigenvalue weighted by Gasteiger charge is 2.53. The Morgan fingerprint density at radius 2 is 1.85 bits per heavy atom.